The molecule has 0 aliphatic carbocycles. The van der Waals surface area contributed by atoms with E-state index in [9.17, 15) is 0 Å². The van der Waals surface area contributed by atoms with E-state index in [0.29, 0.717) is 6.61 Å². The van der Waals surface area contributed by atoms with Crippen LogP contribution in [0.15, 0.2) is 16.6 Å². The molecule has 0 unspecified atom stereocenters. The Morgan fingerprint density at radius 1 is 1.25 bits per heavy atom. The highest BCUT2D eigenvalue weighted by Crippen LogP contribution is 2.36. The molecule has 4 heteroatoms. The SMILES string of the molecule is CCCOc1c(OC)ccc(Br)c1CNC(C)(C)CC. The number of hydrogen-bond donors (Lipinski definition) is 1. The molecule has 1 rings (SSSR count). The van der Waals surface area contributed by atoms with Gasteiger partial charge in [-0.2, -0.15) is 0 Å². The second kappa shape index (κ2) is 7.89. The summed E-state index contributed by atoms with van der Waals surface area (Å²) < 4.78 is 12.4. The van der Waals surface area contributed by atoms with Crippen molar-refractivity contribution in [1.29, 1.82) is 0 Å². The number of rotatable bonds is 8. The quantitative estimate of drug-likeness (QED) is 0.752. The lowest BCUT2D eigenvalue weighted by Gasteiger charge is -2.26. The summed E-state index contributed by atoms with van der Waals surface area (Å²) in [6.07, 6.45) is 2.04. The second-order valence-electron chi connectivity index (χ2n) is 5.50. The zero-order chi connectivity index (χ0) is 15.2. The first-order valence-electron chi connectivity index (χ1n) is 7.18. The summed E-state index contributed by atoms with van der Waals surface area (Å²) in [7, 11) is 1.68. The van der Waals surface area contributed by atoms with E-state index in [4.69, 9.17) is 9.47 Å². The van der Waals surface area contributed by atoms with Crippen molar-refractivity contribution in [3.05, 3.63) is 22.2 Å². The van der Waals surface area contributed by atoms with Crippen LogP contribution in [0, 0.1) is 0 Å². The summed E-state index contributed by atoms with van der Waals surface area (Å²) >= 11 is 3.62. The number of hydrogen-bond acceptors (Lipinski definition) is 3. The summed E-state index contributed by atoms with van der Waals surface area (Å²) in [5.74, 6) is 1.62. The minimum Gasteiger partial charge on any atom is -0.493 e. The molecule has 0 amide bonds. The van der Waals surface area contributed by atoms with Gasteiger partial charge in [-0.3, -0.25) is 0 Å². The van der Waals surface area contributed by atoms with E-state index < -0.39 is 0 Å². The second-order valence-corrected chi connectivity index (χ2v) is 6.35. The van der Waals surface area contributed by atoms with E-state index in [1.165, 1.54) is 0 Å². The molecule has 0 radical (unpaired) electrons. The molecule has 0 spiro atoms. The summed E-state index contributed by atoms with van der Waals surface area (Å²) in [5, 5.41) is 3.57. The van der Waals surface area contributed by atoms with Crippen molar-refractivity contribution in [3.8, 4) is 11.5 Å². The molecular weight excluding hydrogens is 318 g/mol. The Labute approximate surface area is 131 Å². The fourth-order valence-electron chi connectivity index (χ4n) is 1.72. The van der Waals surface area contributed by atoms with Crippen LogP contribution in [0.2, 0.25) is 0 Å². The van der Waals surface area contributed by atoms with Gasteiger partial charge in [0.1, 0.15) is 0 Å². The third kappa shape index (κ3) is 4.67. The highest BCUT2D eigenvalue weighted by Gasteiger charge is 2.18. The molecule has 0 aliphatic rings. The Kier molecular flexibility index (Phi) is 6.83. The van der Waals surface area contributed by atoms with Crippen LogP contribution >= 0.6 is 15.9 Å². The predicted octanol–water partition coefficient (Wildman–Crippen LogP) is 4.52. The van der Waals surface area contributed by atoms with Crippen LogP contribution in [-0.4, -0.2) is 19.3 Å². The minimum atomic E-state index is 0.102. The van der Waals surface area contributed by atoms with Crippen LogP contribution < -0.4 is 14.8 Å². The van der Waals surface area contributed by atoms with E-state index in [-0.39, 0.29) is 5.54 Å². The predicted molar refractivity (Wildman–Crippen MR) is 87.7 cm³/mol. The third-order valence-corrected chi connectivity index (χ3v) is 4.21. The van der Waals surface area contributed by atoms with Crippen molar-refractivity contribution in [2.75, 3.05) is 13.7 Å². The molecule has 0 bridgehead atoms. The van der Waals surface area contributed by atoms with Crippen molar-refractivity contribution in [2.24, 2.45) is 0 Å². The van der Waals surface area contributed by atoms with Gasteiger partial charge >= 0.3 is 0 Å². The van der Waals surface area contributed by atoms with Crippen molar-refractivity contribution < 1.29 is 9.47 Å². The molecule has 0 fully saturated rings. The van der Waals surface area contributed by atoms with Gasteiger partial charge in [0.25, 0.3) is 0 Å². The summed E-state index contributed by atoms with van der Waals surface area (Å²) in [6, 6.07) is 3.94. The van der Waals surface area contributed by atoms with E-state index in [1.54, 1.807) is 7.11 Å². The van der Waals surface area contributed by atoms with Gasteiger partial charge in [-0.1, -0.05) is 29.8 Å². The summed E-state index contributed by atoms with van der Waals surface area (Å²) in [4.78, 5) is 0. The number of nitrogens with one attached hydrogen (secondary N) is 1. The molecule has 0 saturated heterocycles. The Bertz CT molecular complexity index is 433. The molecule has 1 N–H and O–H groups in total. The molecule has 114 valence electrons. The average Bonchev–Trinajstić information content (AvgIpc) is 2.44. The van der Waals surface area contributed by atoms with Crippen LogP contribution in [0.3, 0.4) is 0 Å². The molecule has 0 heterocycles. The summed E-state index contributed by atoms with van der Waals surface area (Å²) in [6.45, 7) is 10.1. The van der Waals surface area contributed by atoms with Crippen LogP contribution in [0.5, 0.6) is 11.5 Å². The van der Waals surface area contributed by atoms with Gasteiger partial charge in [-0.25, -0.2) is 0 Å². The lowest BCUT2D eigenvalue weighted by atomic mass is 10.0. The maximum atomic E-state index is 5.89. The normalized spacial score (nSPS) is 11.5. The monoisotopic (exact) mass is 343 g/mol. The van der Waals surface area contributed by atoms with Crippen molar-refractivity contribution >= 4 is 15.9 Å². The van der Waals surface area contributed by atoms with Gasteiger partial charge in [0, 0.05) is 22.1 Å². The third-order valence-electron chi connectivity index (χ3n) is 3.47. The molecule has 3 nitrogen and oxygen atoms in total. The van der Waals surface area contributed by atoms with Gasteiger partial charge in [-0.15, -0.1) is 0 Å². The Balaban J connectivity index is 3.02. The molecule has 1 aromatic rings. The van der Waals surface area contributed by atoms with Crippen LogP contribution in [-0.2, 0) is 6.54 Å². The first kappa shape index (κ1) is 17.3. The molecule has 20 heavy (non-hydrogen) atoms. The molecular formula is C16H26BrNO2. The van der Waals surface area contributed by atoms with Gasteiger partial charge < -0.3 is 14.8 Å². The van der Waals surface area contributed by atoms with Gasteiger partial charge in [0.15, 0.2) is 11.5 Å². The maximum Gasteiger partial charge on any atom is 0.166 e. The molecule has 0 aliphatic heterocycles. The zero-order valence-electron chi connectivity index (χ0n) is 13.2. The number of methoxy groups -OCH3 is 1. The van der Waals surface area contributed by atoms with Gasteiger partial charge in [-0.05, 0) is 38.8 Å². The highest BCUT2D eigenvalue weighted by molar-refractivity contribution is 9.10. The Hall–Kier alpha value is -0.740. The first-order chi connectivity index (χ1) is 9.45. The highest BCUT2D eigenvalue weighted by atomic mass is 79.9. The molecule has 0 saturated carbocycles. The minimum absolute atomic E-state index is 0.102. The van der Waals surface area contributed by atoms with Crippen LogP contribution in [0.4, 0.5) is 0 Å². The van der Waals surface area contributed by atoms with Crippen molar-refractivity contribution in [1.82, 2.24) is 5.32 Å². The van der Waals surface area contributed by atoms with Gasteiger partial charge in [0.2, 0.25) is 0 Å². The standard InChI is InChI=1S/C16H26BrNO2/c1-6-10-20-15-12(11-18-16(3,4)7-2)13(17)8-9-14(15)19-5/h8-9,18H,6-7,10-11H2,1-5H3. The maximum absolute atomic E-state index is 5.89. The lowest BCUT2D eigenvalue weighted by molar-refractivity contribution is 0.287. The molecule has 1 aromatic carbocycles. The van der Waals surface area contributed by atoms with Crippen molar-refractivity contribution in [2.45, 2.75) is 52.6 Å². The van der Waals surface area contributed by atoms with E-state index in [2.05, 4.69) is 48.9 Å². The molecule has 0 atom stereocenters. The van der Waals surface area contributed by atoms with Crippen molar-refractivity contribution in [3.63, 3.8) is 0 Å². The van der Waals surface area contributed by atoms with E-state index >= 15 is 0 Å². The Morgan fingerprint density at radius 3 is 2.50 bits per heavy atom. The van der Waals surface area contributed by atoms with Crippen LogP contribution in [0.1, 0.15) is 46.1 Å². The first-order valence-corrected chi connectivity index (χ1v) is 7.97. The smallest absolute Gasteiger partial charge is 0.166 e. The number of benzene rings is 1. The van der Waals surface area contributed by atoms with E-state index in [1.807, 2.05) is 12.1 Å². The van der Waals surface area contributed by atoms with Crippen LogP contribution in [0.25, 0.3) is 0 Å². The largest absolute Gasteiger partial charge is 0.493 e. The van der Waals surface area contributed by atoms with E-state index in [0.717, 1.165) is 40.9 Å². The number of halogens is 1. The summed E-state index contributed by atoms with van der Waals surface area (Å²) in [5.41, 5.74) is 1.21. The lowest BCUT2D eigenvalue weighted by Crippen LogP contribution is -2.38. The molecule has 0 aromatic heterocycles. The zero-order valence-corrected chi connectivity index (χ0v) is 14.8. The fraction of sp³-hybridized carbons (Fsp3) is 0.625. The topological polar surface area (TPSA) is 30.5 Å². The fourth-order valence-corrected chi connectivity index (χ4v) is 2.18. The average molecular weight is 344 g/mol. The van der Waals surface area contributed by atoms with Gasteiger partial charge in [0.05, 0.1) is 13.7 Å². The number of ether oxygens (including phenoxy) is 2. The Morgan fingerprint density at radius 2 is 1.95 bits per heavy atom.